The van der Waals surface area contributed by atoms with E-state index in [1.54, 1.807) is 7.11 Å². The van der Waals surface area contributed by atoms with Crippen LogP contribution in [-0.4, -0.2) is 24.9 Å². The van der Waals surface area contributed by atoms with Crippen molar-refractivity contribution in [3.05, 3.63) is 48.0 Å². The molecule has 2 atom stereocenters. The van der Waals surface area contributed by atoms with Gasteiger partial charge in [0.2, 0.25) is 0 Å². The van der Waals surface area contributed by atoms with Gasteiger partial charge in [-0.2, -0.15) is 0 Å². The summed E-state index contributed by atoms with van der Waals surface area (Å²) in [6.07, 6.45) is 6.60. The van der Waals surface area contributed by atoms with E-state index in [0.29, 0.717) is 18.9 Å². The first-order valence-corrected chi connectivity index (χ1v) is 8.12. The third kappa shape index (κ3) is 4.69. The summed E-state index contributed by atoms with van der Waals surface area (Å²) in [6, 6.07) is 10.3. The van der Waals surface area contributed by atoms with Gasteiger partial charge in [-0.25, -0.2) is 0 Å². The van der Waals surface area contributed by atoms with Crippen molar-refractivity contribution in [3.8, 4) is 0 Å². The predicted octanol–water partition coefficient (Wildman–Crippen LogP) is 4.30. The van der Waals surface area contributed by atoms with Gasteiger partial charge in [0.15, 0.2) is 0 Å². The molecule has 2 heteroatoms. The summed E-state index contributed by atoms with van der Waals surface area (Å²) in [5, 5.41) is 10.5. The molecule has 0 saturated heterocycles. The molecular formula is C19H28O2. The molecule has 0 aliphatic heterocycles. The van der Waals surface area contributed by atoms with Gasteiger partial charge in [0.25, 0.3) is 0 Å². The standard InChI is InChI=1S/C19H28O2/c1-15(13-19(20)17-11-7-4-8-12-17)18(14-21-2)16-9-5-3-6-10-16/h3,5-6,9-10,17-20H,1,4,7-8,11-14H2,2H3/t18-,19-/m1/s1. The summed E-state index contributed by atoms with van der Waals surface area (Å²) < 4.78 is 5.36. The van der Waals surface area contributed by atoms with Crippen molar-refractivity contribution in [1.82, 2.24) is 0 Å². The third-order valence-corrected chi connectivity index (χ3v) is 4.69. The van der Waals surface area contributed by atoms with Crippen LogP contribution in [0, 0.1) is 5.92 Å². The van der Waals surface area contributed by atoms with E-state index in [2.05, 4.69) is 18.7 Å². The van der Waals surface area contributed by atoms with Crippen molar-refractivity contribution >= 4 is 0 Å². The van der Waals surface area contributed by atoms with Crippen molar-refractivity contribution in [2.45, 2.75) is 50.5 Å². The Kier molecular flexibility index (Phi) is 6.47. The summed E-state index contributed by atoms with van der Waals surface area (Å²) in [4.78, 5) is 0. The zero-order valence-corrected chi connectivity index (χ0v) is 13.1. The molecule has 21 heavy (non-hydrogen) atoms. The highest BCUT2D eigenvalue weighted by atomic mass is 16.5. The van der Waals surface area contributed by atoms with Crippen LogP contribution < -0.4 is 0 Å². The van der Waals surface area contributed by atoms with E-state index in [9.17, 15) is 5.11 Å². The lowest BCUT2D eigenvalue weighted by Gasteiger charge is -2.29. The van der Waals surface area contributed by atoms with Crippen LogP contribution >= 0.6 is 0 Å². The van der Waals surface area contributed by atoms with Gasteiger partial charge in [-0.3, -0.25) is 0 Å². The van der Waals surface area contributed by atoms with Crippen LogP contribution in [-0.2, 0) is 4.74 Å². The number of methoxy groups -OCH3 is 1. The van der Waals surface area contributed by atoms with Crippen molar-refractivity contribution in [1.29, 1.82) is 0 Å². The Balaban J connectivity index is 1.98. The molecule has 1 saturated carbocycles. The van der Waals surface area contributed by atoms with Crippen molar-refractivity contribution < 1.29 is 9.84 Å². The van der Waals surface area contributed by atoms with E-state index in [1.165, 1.54) is 24.8 Å². The molecule has 2 rings (SSSR count). The summed E-state index contributed by atoms with van der Waals surface area (Å²) in [5.74, 6) is 0.629. The molecule has 1 fully saturated rings. The molecule has 1 aliphatic carbocycles. The second-order valence-electron chi connectivity index (χ2n) is 6.25. The highest BCUT2D eigenvalue weighted by Crippen LogP contribution is 2.32. The maximum absolute atomic E-state index is 10.5. The minimum atomic E-state index is -0.249. The number of aliphatic hydroxyl groups is 1. The monoisotopic (exact) mass is 288 g/mol. The minimum Gasteiger partial charge on any atom is -0.393 e. The Hall–Kier alpha value is -1.12. The van der Waals surface area contributed by atoms with Crippen LogP contribution in [0.5, 0.6) is 0 Å². The van der Waals surface area contributed by atoms with Crippen LogP contribution in [0.2, 0.25) is 0 Å². The van der Waals surface area contributed by atoms with Crippen molar-refractivity contribution in [2.24, 2.45) is 5.92 Å². The van der Waals surface area contributed by atoms with Crippen LogP contribution in [0.1, 0.15) is 50.0 Å². The maximum Gasteiger partial charge on any atom is 0.0605 e. The topological polar surface area (TPSA) is 29.5 Å². The molecule has 0 heterocycles. The summed E-state index contributed by atoms with van der Waals surface area (Å²) in [7, 11) is 1.72. The van der Waals surface area contributed by atoms with Crippen molar-refractivity contribution in [3.63, 3.8) is 0 Å². The molecule has 1 aromatic carbocycles. The highest BCUT2D eigenvalue weighted by Gasteiger charge is 2.24. The number of hydrogen-bond acceptors (Lipinski definition) is 2. The highest BCUT2D eigenvalue weighted by molar-refractivity contribution is 5.28. The van der Waals surface area contributed by atoms with Gasteiger partial charge in [-0.15, -0.1) is 0 Å². The normalized spacial score (nSPS) is 19.1. The minimum absolute atomic E-state index is 0.175. The quantitative estimate of drug-likeness (QED) is 0.758. The summed E-state index contributed by atoms with van der Waals surface area (Å²) in [6.45, 7) is 4.87. The third-order valence-electron chi connectivity index (χ3n) is 4.69. The predicted molar refractivity (Wildman–Crippen MR) is 87.4 cm³/mol. The molecule has 0 unspecified atom stereocenters. The molecule has 2 nitrogen and oxygen atoms in total. The molecule has 1 aromatic rings. The van der Waals surface area contributed by atoms with Gasteiger partial charge >= 0.3 is 0 Å². The Morgan fingerprint density at radius 2 is 1.90 bits per heavy atom. The lowest BCUT2D eigenvalue weighted by atomic mass is 9.81. The average Bonchev–Trinajstić information content (AvgIpc) is 2.54. The molecular weight excluding hydrogens is 260 g/mol. The SMILES string of the molecule is C=C(C[C@@H](O)C1CCCCC1)[C@@H](COC)c1ccccc1. The van der Waals surface area contributed by atoms with E-state index in [1.807, 2.05) is 18.2 Å². The Labute approximate surface area is 128 Å². The molecule has 1 aliphatic rings. The molecule has 116 valence electrons. The molecule has 0 radical (unpaired) electrons. The number of rotatable bonds is 7. The van der Waals surface area contributed by atoms with E-state index in [0.717, 1.165) is 18.4 Å². The van der Waals surface area contributed by atoms with Crippen LogP contribution in [0.25, 0.3) is 0 Å². The van der Waals surface area contributed by atoms with Gasteiger partial charge in [0, 0.05) is 13.0 Å². The lowest BCUT2D eigenvalue weighted by molar-refractivity contribution is 0.0822. The first kappa shape index (κ1) is 16.3. The molecule has 0 aromatic heterocycles. The van der Waals surface area contributed by atoms with Gasteiger partial charge in [0.1, 0.15) is 0 Å². The number of ether oxygens (including phenoxy) is 1. The van der Waals surface area contributed by atoms with Gasteiger partial charge in [0.05, 0.1) is 12.7 Å². The summed E-state index contributed by atoms with van der Waals surface area (Å²) >= 11 is 0. The van der Waals surface area contributed by atoms with Gasteiger partial charge in [-0.05, 0) is 30.7 Å². The van der Waals surface area contributed by atoms with Gasteiger partial charge in [-0.1, -0.05) is 61.7 Å². The van der Waals surface area contributed by atoms with E-state index in [4.69, 9.17) is 4.74 Å². The van der Waals surface area contributed by atoms with E-state index in [-0.39, 0.29) is 12.0 Å². The lowest BCUT2D eigenvalue weighted by Crippen LogP contribution is -2.24. The number of hydrogen-bond donors (Lipinski definition) is 1. The Morgan fingerprint density at radius 3 is 2.52 bits per heavy atom. The Morgan fingerprint density at radius 1 is 1.24 bits per heavy atom. The molecule has 1 N–H and O–H groups in total. The van der Waals surface area contributed by atoms with E-state index >= 15 is 0 Å². The fourth-order valence-corrected chi connectivity index (χ4v) is 3.40. The van der Waals surface area contributed by atoms with Crippen LogP contribution in [0.3, 0.4) is 0 Å². The van der Waals surface area contributed by atoms with Crippen LogP contribution in [0.15, 0.2) is 42.5 Å². The zero-order valence-electron chi connectivity index (χ0n) is 13.1. The smallest absolute Gasteiger partial charge is 0.0605 e. The van der Waals surface area contributed by atoms with Crippen LogP contribution in [0.4, 0.5) is 0 Å². The Bertz CT molecular complexity index is 420. The summed E-state index contributed by atoms with van der Waals surface area (Å²) in [5.41, 5.74) is 2.31. The zero-order chi connectivity index (χ0) is 15.1. The first-order valence-electron chi connectivity index (χ1n) is 8.12. The fourth-order valence-electron chi connectivity index (χ4n) is 3.40. The van der Waals surface area contributed by atoms with E-state index < -0.39 is 0 Å². The van der Waals surface area contributed by atoms with Crippen molar-refractivity contribution in [2.75, 3.05) is 13.7 Å². The second kappa shape index (κ2) is 8.35. The first-order chi connectivity index (χ1) is 10.2. The number of aliphatic hydroxyl groups excluding tert-OH is 1. The average molecular weight is 288 g/mol. The molecule has 0 bridgehead atoms. The maximum atomic E-state index is 10.5. The second-order valence-corrected chi connectivity index (χ2v) is 6.25. The molecule has 0 amide bonds. The molecule has 0 spiro atoms. The van der Waals surface area contributed by atoms with Gasteiger partial charge < -0.3 is 9.84 Å². The number of benzene rings is 1. The fraction of sp³-hybridized carbons (Fsp3) is 0.579. The largest absolute Gasteiger partial charge is 0.393 e.